The van der Waals surface area contributed by atoms with Crippen LogP contribution in [0.4, 0.5) is 4.79 Å². The maximum absolute atomic E-state index is 11.1. The van der Waals surface area contributed by atoms with Crippen molar-refractivity contribution in [2.75, 3.05) is 26.7 Å². The van der Waals surface area contributed by atoms with Crippen LogP contribution in [-0.4, -0.2) is 37.6 Å². The van der Waals surface area contributed by atoms with Gasteiger partial charge in [-0.05, 0) is 25.3 Å². The fraction of sp³-hybridized carbons (Fsp3) is 0.875. The highest BCUT2D eigenvalue weighted by atomic mass is 16.2. The van der Waals surface area contributed by atoms with Gasteiger partial charge in [-0.3, -0.25) is 0 Å². The largest absolute Gasteiger partial charge is 0.341 e. The minimum atomic E-state index is 0.0366. The van der Waals surface area contributed by atoms with Crippen LogP contribution in [0.3, 0.4) is 0 Å². The van der Waals surface area contributed by atoms with E-state index in [0.717, 1.165) is 32.5 Å². The molecule has 2 amide bonds. The molecule has 4 nitrogen and oxygen atoms in total. The lowest BCUT2D eigenvalue weighted by molar-refractivity contribution is 0.209. The van der Waals surface area contributed by atoms with Gasteiger partial charge in [0.1, 0.15) is 0 Å². The third-order valence-corrected chi connectivity index (χ3v) is 2.36. The topological polar surface area (TPSA) is 58.4 Å². The van der Waals surface area contributed by atoms with E-state index in [0.29, 0.717) is 5.92 Å². The van der Waals surface area contributed by atoms with Gasteiger partial charge in [0.15, 0.2) is 0 Å². The lowest BCUT2D eigenvalue weighted by Gasteiger charge is -2.15. The summed E-state index contributed by atoms with van der Waals surface area (Å²) in [6.45, 7) is 2.48. The number of likely N-dealkylation sites (tertiary alicyclic amines) is 1. The molecule has 1 fully saturated rings. The summed E-state index contributed by atoms with van der Waals surface area (Å²) >= 11 is 0. The Morgan fingerprint density at radius 2 is 2.50 bits per heavy atom. The van der Waals surface area contributed by atoms with Gasteiger partial charge in [-0.25, -0.2) is 4.79 Å². The van der Waals surface area contributed by atoms with Crippen LogP contribution in [0.15, 0.2) is 0 Å². The van der Waals surface area contributed by atoms with Crippen molar-refractivity contribution < 1.29 is 4.79 Å². The first-order valence-electron chi connectivity index (χ1n) is 4.44. The van der Waals surface area contributed by atoms with Gasteiger partial charge < -0.3 is 16.0 Å². The molecule has 4 heteroatoms. The van der Waals surface area contributed by atoms with Crippen molar-refractivity contribution in [2.24, 2.45) is 11.7 Å². The quantitative estimate of drug-likeness (QED) is 0.614. The average molecular weight is 171 g/mol. The molecular weight excluding hydrogens is 154 g/mol. The number of nitrogens with one attached hydrogen (secondary N) is 1. The molecule has 0 aromatic rings. The fourth-order valence-electron chi connectivity index (χ4n) is 1.65. The summed E-state index contributed by atoms with van der Waals surface area (Å²) in [5.74, 6) is 0.618. The number of nitrogens with two attached hydrogens (primary N) is 1. The van der Waals surface area contributed by atoms with Crippen LogP contribution in [0.5, 0.6) is 0 Å². The predicted octanol–water partition coefficient (Wildman–Crippen LogP) is -0.00350. The summed E-state index contributed by atoms with van der Waals surface area (Å²) in [5.41, 5.74) is 5.44. The van der Waals surface area contributed by atoms with Gasteiger partial charge in [-0.2, -0.15) is 0 Å². The number of carbonyl (C=O) groups excluding carboxylic acids is 1. The number of hydrogen-bond donors (Lipinski definition) is 2. The third-order valence-electron chi connectivity index (χ3n) is 2.36. The van der Waals surface area contributed by atoms with Crippen molar-refractivity contribution >= 4 is 6.03 Å². The van der Waals surface area contributed by atoms with Gasteiger partial charge in [0.25, 0.3) is 0 Å². The average Bonchev–Trinajstić information content (AvgIpc) is 2.52. The zero-order valence-corrected chi connectivity index (χ0v) is 7.55. The fourth-order valence-corrected chi connectivity index (χ4v) is 1.65. The van der Waals surface area contributed by atoms with Crippen molar-refractivity contribution in [1.82, 2.24) is 10.2 Å². The smallest absolute Gasteiger partial charge is 0.317 e. The number of carbonyl (C=O) groups is 1. The first kappa shape index (κ1) is 9.32. The molecule has 0 aliphatic carbocycles. The molecular formula is C8H17N3O. The minimum absolute atomic E-state index is 0.0366. The lowest BCUT2D eigenvalue weighted by atomic mass is 10.1. The molecule has 0 radical (unpaired) electrons. The molecule has 1 heterocycles. The SMILES string of the molecule is CNC(=O)N1CCC(CCN)C1. The molecule has 1 aliphatic rings. The summed E-state index contributed by atoms with van der Waals surface area (Å²) < 4.78 is 0. The number of urea groups is 1. The Morgan fingerprint density at radius 1 is 1.75 bits per heavy atom. The normalized spacial score (nSPS) is 22.8. The van der Waals surface area contributed by atoms with E-state index < -0.39 is 0 Å². The van der Waals surface area contributed by atoms with Crippen LogP contribution >= 0.6 is 0 Å². The second-order valence-electron chi connectivity index (χ2n) is 3.23. The van der Waals surface area contributed by atoms with E-state index in [9.17, 15) is 4.79 Å². The Labute approximate surface area is 73.1 Å². The van der Waals surface area contributed by atoms with E-state index in [1.807, 2.05) is 4.90 Å². The molecule has 0 saturated carbocycles. The summed E-state index contributed by atoms with van der Waals surface area (Å²) in [5, 5.41) is 2.63. The minimum Gasteiger partial charge on any atom is -0.341 e. The van der Waals surface area contributed by atoms with E-state index >= 15 is 0 Å². The molecule has 1 saturated heterocycles. The van der Waals surface area contributed by atoms with Crippen molar-refractivity contribution in [3.8, 4) is 0 Å². The summed E-state index contributed by atoms with van der Waals surface area (Å²) in [4.78, 5) is 13.0. The maximum Gasteiger partial charge on any atom is 0.317 e. The highest BCUT2D eigenvalue weighted by molar-refractivity contribution is 5.74. The van der Waals surface area contributed by atoms with Crippen LogP contribution in [0, 0.1) is 5.92 Å². The van der Waals surface area contributed by atoms with Gasteiger partial charge in [0.2, 0.25) is 0 Å². The molecule has 1 unspecified atom stereocenters. The van der Waals surface area contributed by atoms with Crippen molar-refractivity contribution in [2.45, 2.75) is 12.8 Å². The Morgan fingerprint density at radius 3 is 3.08 bits per heavy atom. The molecule has 0 bridgehead atoms. The molecule has 12 heavy (non-hydrogen) atoms. The Bertz CT molecular complexity index is 160. The van der Waals surface area contributed by atoms with Crippen LogP contribution in [0.25, 0.3) is 0 Å². The van der Waals surface area contributed by atoms with Crippen molar-refractivity contribution in [3.05, 3.63) is 0 Å². The standard InChI is InChI=1S/C8H17N3O/c1-10-8(12)11-5-3-7(6-11)2-4-9/h7H,2-6,9H2,1H3,(H,10,12). The first-order chi connectivity index (χ1) is 5.77. The van der Waals surface area contributed by atoms with E-state index in [-0.39, 0.29) is 6.03 Å². The number of hydrogen-bond acceptors (Lipinski definition) is 2. The third kappa shape index (κ3) is 2.11. The summed E-state index contributed by atoms with van der Waals surface area (Å²) in [7, 11) is 1.67. The van der Waals surface area contributed by atoms with E-state index in [1.165, 1.54) is 0 Å². The molecule has 1 atom stereocenters. The zero-order chi connectivity index (χ0) is 8.97. The Kier molecular flexibility index (Phi) is 3.34. The van der Waals surface area contributed by atoms with E-state index in [2.05, 4.69) is 5.32 Å². The number of amides is 2. The summed E-state index contributed by atoms with van der Waals surface area (Å²) in [6, 6.07) is 0.0366. The number of rotatable bonds is 2. The van der Waals surface area contributed by atoms with Crippen LogP contribution in [-0.2, 0) is 0 Å². The van der Waals surface area contributed by atoms with E-state index in [1.54, 1.807) is 7.05 Å². The zero-order valence-electron chi connectivity index (χ0n) is 7.55. The molecule has 0 aromatic carbocycles. The van der Waals surface area contributed by atoms with Crippen molar-refractivity contribution in [1.29, 1.82) is 0 Å². The molecule has 3 N–H and O–H groups in total. The predicted molar refractivity (Wildman–Crippen MR) is 47.8 cm³/mol. The number of nitrogens with zero attached hydrogens (tertiary/aromatic N) is 1. The highest BCUT2D eigenvalue weighted by Gasteiger charge is 2.24. The Hall–Kier alpha value is -0.770. The van der Waals surface area contributed by atoms with Gasteiger partial charge in [-0.1, -0.05) is 0 Å². The van der Waals surface area contributed by atoms with Gasteiger partial charge >= 0.3 is 6.03 Å². The monoisotopic (exact) mass is 171 g/mol. The molecule has 0 spiro atoms. The molecule has 1 rings (SSSR count). The van der Waals surface area contributed by atoms with Gasteiger partial charge in [-0.15, -0.1) is 0 Å². The molecule has 1 aliphatic heterocycles. The first-order valence-corrected chi connectivity index (χ1v) is 4.44. The summed E-state index contributed by atoms with van der Waals surface area (Å²) in [6.07, 6.45) is 2.14. The Balaban J connectivity index is 2.30. The second kappa shape index (κ2) is 4.30. The molecule has 0 aromatic heterocycles. The second-order valence-corrected chi connectivity index (χ2v) is 3.23. The van der Waals surface area contributed by atoms with Gasteiger partial charge in [0.05, 0.1) is 0 Å². The van der Waals surface area contributed by atoms with Crippen LogP contribution in [0.2, 0.25) is 0 Å². The van der Waals surface area contributed by atoms with Crippen LogP contribution in [0.1, 0.15) is 12.8 Å². The van der Waals surface area contributed by atoms with Gasteiger partial charge in [0, 0.05) is 20.1 Å². The van der Waals surface area contributed by atoms with Crippen LogP contribution < -0.4 is 11.1 Å². The van der Waals surface area contributed by atoms with Crippen molar-refractivity contribution in [3.63, 3.8) is 0 Å². The molecule has 70 valence electrons. The highest BCUT2D eigenvalue weighted by Crippen LogP contribution is 2.18. The maximum atomic E-state index is 11.1. The van der Waals surface area contributed by atoms with E-state index in [4.69, 9.17) is 5.73 Å². The lowest BCUT2D eigenvalue weighted by Crippen LogP contribution is -2.36.